The van der Waals surface area contributed by atoms with Crippen LogP contribution in [0.15, 0.2) is 79.1 Å². The maximum Gasteiger partial charge on any atom is 0.248 e. The van der Waals surface area contributed by atoms with Crippen molar-refractivity contribution >= 4 is 61.5 Å². The van der Waals surface area contributed by atoms with E-state index >= 15 is 0 Å². The summed E-state index contributed by atoms with van der Waals surface area (Å²) in [5, 5.41) is 7.77. The van der Waals surface area contributed by atoms with Crippen LogP contribution in [0.5, 0.6) is 5.75 Å². The van der Waals surface area contributed by atoms with Gasteiger partial charge in [0.05, 0.1) is 10.5 Å². The standard InChI is InChI=1S/C25H19BrClFN4O2/c26-10-2-5-24(33)31-18-6-8-22-20(12-18)25(30-15-29-22)32-19-7-9-23(21(27)13-19)34-14-16-3-1-4-17(28)11-16/h1-9,11-13,15H,10,14H2,(H,31,33)(H,29,30,32)/b5-2+. The second-order valence-electron chi connectivity index (χ2n) is 7.19. The Morgan fingerprint density at radius 3 is 2.74 bits per heavy atom. The molecular weight excluding hydrogens is 523 g/mol. The first-order valence-electron chi connectivity index (χ1n) is 10.2. The Bertz CT molecular complexity index is 1370. The number of allylic oxidation sites excluding steroid dienone is 1. The van der Waals surface area contributed by atoms with Crippen molar-refractivity contribution in [1.29, 1.82) is 0 Å². The van der Waals surface area contributed by atoms with Crippen LogP contribution in [0.1, 0.15) is 5.56 Å². The van der Waals surface area contributed by atoms with Crippen molar-refractivity contribution < 1.29 is 13.9 Å². The summed E-state index contributed by atoms with van der Waals surface area (Å²) in [7, 11) is 0. The van der Waals surface area contributed by atoms with Gasteiger partial charge < -0.3 is 15.4 Å². The van der Waals surface area contributed by atoms with Gasteiger partial charge in [0.25, 0.3) is 0 Å². The zero-order valence-electron chi connectivity index (χ0n) is 17.8. The Morgan fingerprint density at radius 1 is 1.09 bits per heavy atom. The third-order valence-corrected chi connectivity index (χ3v) is 5.41. The number of alkyl halides is 1. The van der Waals surface area contributed by atoms with Crippen LogP contribution in [0.25, 0.3) is 10.9 Å². The van der Waals surface area contributed by atoms with Gasteiger partial charge in [0.15, 0.2) is 0 Å². The predicted molar refractivity (Wildman–Crippen MR) is 137 cm³/mol. The highest BCUT2D eigenvalue weighted by molar-refractivity contribution is 9.09. The third kappa shape index (κ3) is 6.09. The number of carbonyl (C=O) groups excluding carboxylic acids is 1. The number of ether oxygens (including phenoxy) is 1. The smallest absolute Gasteiger partial charge is 0.248 e. The molecule has 0 radical (unpaired) electrons. The molecule has 0 aliphatic heterocycles. The minimum absolute atomic E-state index is 0.195. The molecule has 4 aromatic rings. The highest BCUT2D eigenvalue weighted by Crippen LogP contribution is 2.31. The number of anilines is 3. The summed E-state index contributed by atoms with van der Waals surface area (Å²) >= 11 is 9.65. The summed E-state index contributed by atoms with van der Waals surface area (Å²) in [4.78, 5) is 20.6. The number of nitrogens with one attached hydrogen (secondary N) is 2. The molecular formula is C25H19BrClFN4O2. The molecule has 0 bridgehead atoms. The molecule has 0 spiro atoms. The van der Waals surface area contributed by atoms with Crippen molar-refractivity contribution in [2.75, 3.05) is 16.0 Å². The fourth-order valence-electron chi connectivity index (χ4n) is 3.19. The summed E-state index contributed by atoms with van der Waals surface area (Å²) in [5.74, 6) is 0.486. The number of halogens is 3. The van der Waals surface area contributed by atoms with Gasteiger partial charge in [-0.1, -0.05) is 45.7 Å². The summed E-state index contributed by atoms with van der Waals surface area (Å²) in [6, 6.07) is 16.8. The molecule has 0 atom stereocenters. The Kier molecular flexibility index (Phi) is 7.72. The Morgan fingerprint density at radius 2 is 1.94 bits per heavy atom. The molecule has 3 aromatic carbocycles. The number of carbonyl (C=O) groups is 1. The van der Waals surface area contributed by atoms with Crippen LogP contribution in [0, 0.1) is 5.82 Å². The Hall–Kier alpha value is -3.49. The second kappa shape index (κ2) is 11.1. The van der Waals surface area contributed by atoms with Crippen LogP contribution >= 0.6 is 27.5 Å². The number of nitrogens with zero attached hydrogens (tertiary/aromatic N) is 2. The molecule has 0 saturated carbocycles. The lowest BCUT2D eigenvalue weighted by Gasteiger charge is -2.12. The zero-order valence-corrected chi connectivity index (χ0v) is 20.1. The van der Waals surface area contributed by atoms with E-state index in [0.29, 0.717) is 44.4 Å². The molecule has 0 unspecified atom stereocenters. The van der Waals surface area contributed by atoms with Gasteiger partial charge >= 0.3 is 0 Å². The van der Waals surface area contributed by atoms with E-state index in [1.807, 2.05) is 6.07 Å². The summed E-state index contributed by atoms with van der Waals surface area (Å²) in [6.07, 6.45) is 4.63. The molecule has 9 heteroatoms. The average Bonchev–Trinajstić information content (AvgIpc) is 2.83. The summed E-state index contributed by atoms with van der Waals surface area (Å²) in [6.45, 7) is 0.195. The molecule has 2 N–H and O–H groups in total. The maximum atomic E-state index is 13.4. The second-order valence-corrected chi connectivity index (χ2v) is 8.24. The third-order valence-electron chi connectivity index (χ3n) is 4.74. The first-order chi connectivity index (χ1) is 16.5. The van der Waals surface area contributed by atoms with Crippen LogP contribution in [-0.4, -0.2) is 21.2 Å². The lowest BCUT2D eigenvalue weighted by Crippen LogP contribution is -2.08. The molecule has 6 nitrogen and oxygen atoms in total. The number of fused-ring (bicyclic) bond motifs is 1. The number of benzene rings is 3. The average molecular weight is 542 g/mol. The quantitative estimate of drug-likeness (QED) is 0.193. The van der Waals surface area contributed by atoms with E-state index in [4.69, 9.17) is 16.3 Å². The number of hydrogen-bond donors (Lipinski definition) is 2. The first kappa shape index (κ1) is 23.7. The van der Waals surface area contributed by atoms with Gasteiger partial charge in [0.2, 0.25) is 5.91 Å². The Labute approximate surface area is 209 Å². The van der Waals surface area contributed by atoms with Crippen molar-refractivity contribution in [3.8, 4) is 5.75 Å². The maximum absolute atomic E-state index is 13.4. The SMILES string of the molecule is O=C(/C=C/CBr)Nc1ccc2ncnc(Nc3ccc(OCc4cccc(F)c4)c(Cl)c3)c2c1. The van der Waals surface area contributed by atoms with Gasteiger partial charge in [-0.25, -0.2) is 14.4 Å². The van der Waals surface area contributed by atoms with Crippen LogP contribution in [0.3, 0.4) is 0 Å². The van der Waals surface area contributed by atoms with Crippen LogP contribution in [0.4, 0.5) is 21.6 Å². The lowest BCUT2D eigenvalue weighted by atomic mass is 10.2. The van der Waals surface area contributed by atoms with E-state index in [0.717, 1.165) is 5.39 Å². The van der Waals surface area contributed by atoms with Gasteiger partial charge in [-0.3, -0.25) is 4.79 Å². The van der Waals surface area contributed by atoms with Crippen molar-refractivity contribution in [2.45, 2.75) is 6.61 Å². The minimum atomic E-state index is -0.318. The van der Waals surface area contributed by atoms with Crippen molar-refractivity contribution in [2.24, 2.45) is 0 Å². The lowest BCUT2D eigenvalue weighted by molar-refractivity contribution is -0.111. The molecule has 0 aliphatic carbocycles. The van der Waals surface area contributed by atoms with Crippen molar-refractivity contribution in [3.05, 3.63) is 95.5 Å². The van der Waals surface area contributed by atoms with Crippen LogP contribution in [0.2, 0.25) is 5.02 Å². The molecule has 0 saturated heterocycles. The van der Waals surface area contributed by atoms with Gasteiger partial charge in [0, 0.05) is 28.2 Å². The first-order valence-corrected chi connectivity index (χ1v) is 11.7. The molecule has 1 amide bonds. The normalized spacial score (nSPS) is 11.0. The predicted octanol–water partition coefficient (Wildman–Crippen LogP) is 6.63. The largest absolute Gasteiger partial charge is 0.487 e. The van der Waals surface area contributed by atoms with E-state index in [-0.39, 0.29) is 18.3 Å². The molecule has 0 aliphatic rings. The molecule has 34 heavy (non-hydrogen) atoms. The van der Waals surface area contributed by atoms with Gasteiger partial charge in [-0.2, -0.15) is 0 Å². The fourth-order valence-corrected chi connectivity index (χ4v) is 3.61. The topological polar surface area (TPSA) is 76.1 Å². The van der Waals surface area contributed by atoms with E-state index in [1.165, 1.54) is 24.5 Å². The van der Waals surface area contributed by atoms with Crippen molar-refractivity contribution in [3.63, 3.8) is 0 Å². The molecule has 1 heterocycles. The van der Waals surface area contributed by atoms with Crippen LogP contribution in [-0.2, 0) is 11.4 Å². The van der Waals surface area contributed by atoms with Gasteiger partial charge in [0.1, 0.15) is 30.3 Å². The molecule has 4 rings (SSSR count). The summed E-state index contributed by atoms with van der Waals surface area (Å²) < 4.78 is 19.1. The Balaban J connectivity index is 1.51. The number of rotatable bonds is 8. The van der Waals surface area contributed by atoms with E-state index < -0.39 is 0 Å². The fraction of sp³-hybridized carbons (Fsp3) is 0.0800. The molecule has 1 aromatic heterocycles. The highest BCUT2D eigenvalue weighted by Gasteiger charge is 2.09. The van der Waals surface area contributed by atoms with Gasteiger partial charge in [-0.15, -0.1) is 0 Å². The molecule has 0 fully saturated rings. The van der Waals surface area contributed by atoms with Crippen molar-refractivity contribution in [1.82, 2.24) is 9.97 Å². The van der Waals surface area contributed by atoms with E-state index in [9.17, 15) is 9.18 Å². The number of hydrogen-bond acceptors (Lipinski definition) is 5. The monoisotopic (exact) mass is 540 g/mol. The highest BCUT2D eigenvalue weighted by atomic mass is 79.9. The van der Waals surface area contributed by atoms with E-state index in [2.05, 4.69) is 36.5 Å². The minimum Gasteiger partial charge on any atom is -0.487 e. The molecule has 172 valence electrons. The zero-order chi connectivity index (χ0) is 23.9. The van der Waals surface area contributed by atoms with Crippen LogP contribution < -0.4 is 15.4 Å². The summed E-state index contributed by atoms with van der Waals surface area (Å²) in [5.41, 5.74) is 2.73. The number of aromatic nitrogens is 2. The van der Waals surface area contributed by atoms with Gasteiger partial charge in [-0.05, 0) is 54.1 Å². The number of amides is 1. The van der Waals surface area contributed by atoms with E-state index in [1.54, 1.807) is 48.5 Å².